The van der Waals surface area contributed by atoms with Crippen LogP contribution in [-0.2, 0) is 44.8 Å². The van der Waals surface area contributed by atoms with Crippen LogP contribution in [0, 0.1) is 0 Å². The minimum Gasteiger partial charge on any atom is -0.481 e. The summed E-state index contributed by atoms with van der Waals surface area (Å²) in [5.74, 6) is -5.08. The Labute approximate surface area is 258 Å². The third-order valence-electron chi connectivity index (χ3n) is 5.78. The molecule has 1 heterocycles. The molecular formula is C25H32IN3O14. The summed E-state index contributed by atoms with van der Waals surface area (Å²) < 4.78 is 14.8. The van der Waals surface area contributed by atoms with Gasteiger partial charge in [-0.3, -0.25) is 24.0 Å². The Morgan fingerprint density at radius 3 is 2.23 bits per heavy atom. The number of ether oxygens (including phenoxy) is 3. The van der Waals surface area contributed by atoms with Gasteiger partial charge in [0.1, 0.15) is 34.6 Å². The minimum absolute atomic E-state index is 0.0123. The summed E-state index contributed by atoms with van der Waals surface area (Å²) in [7, 11) is 0. The lowest BCUT2D eigenvalue weighted by Crippen LogP contribution is -2.61. The Morgan fingerprint density at radius 2 is 1.60 bits per heavy atom. The number of carboxylic acids is 2. The maximum atomic E-state index is 12.6. The maximum Gasteiger partial charge on any atom is 0.335 e. The number of carboxylic acid groups (broad SMARTS) is 2. The lowest BCUT2D eigenvalue weighted by Gasteiger charge is -2.38. The number of anilines is 1. The number of hydrogen-bond donors (Lipinski definition) is 8. The maximum absolute atomic E-state index is 12.6. The van der Waals surface area contributed by atoms with Crippen molar-refractivity contribution in [2.45, 2.75) is 67.4 Å². The van der Waals surface area contributed by atoms with E-state index in [0.717, 1.165) is 0 Å². The number of esters is 1. The molecule has 2 rings (SSSR count). The molecule has 0 aromatic heterocycles. The Morgan fingerprint density at radius 1 is 0.953 bits per heavy atom. The van der Waals surface area contributed by atoms with Crippen molar-refractivity contribution in [3.05, 3.63) is 23.8 Å². The van der Waals surface area contributed by atoms with Gasteiger partial charge >= 0.3 is 17.9 Å². The van der Waals surface area contributed by atoms with Gasteiger partial charge in [-0.05, 0) is 17.7 Å². The van der Waals surface area contributed by atoms with E-state index in [4.69, 9.17) is 19.3 Å². The second-order valence-corrected chi connectivity index (χ2v) is 10.7. The number of aliphatic carboxylic acids is 2. The summed E-state index contributed by atoms with van der Waals surface area (Å²) in [5.41, 5.74) is 0.399. The fraction of sp³-hybridized carbons (Fsp3) is 0.520. The first-order valence-electron chi connectivity index (χ1n) is 12.7. The largest absolute Gasteiger partial charge is 0.481 e. The molecule has 238 valence electrons. The molecule has 0 bridgehead atoms. The van der Waals surface area contributed by atoms with Crippen LogP contribution in [0.3, 0.4) is 0 Å². The highest BCUT2D eigenvalue weighted by atomic mass is 127. The number of rotatable bonds is 15. The molecular weight excluding hydrogens is 693 g/mol. The van der Waals surface area contributed by atoms with Gasteiger partial charge in [0.05, 0.1) is 12.1 Å². The summed E-state index contributed by atoms with van der Waals surface area (Å²) in [6, 6.07) is 4.13. The molecule has 0 spiro atoms. The zero-order valence-corrected chi connectivity index (χ0v) is 24.9. The Balaban J connectivity index is 2.00. The van der Waals surface area contributed by atoms with Gasteiger partial charge in [0, 0.05) is 32.9 Å². The minimum atomic E-state index is -1.94. The van der Waals surface area contributed by atoms with E-state index < -0.39 is 70.3 Å². The standard InChI is InChI=1S/C25H32IN3O14/c1-11(30)41-10-12-2-3-15(42-25-21(37)19(35)20(36)22(43-25)24(39)40)14(8-12)29-17(32)5-6-27-16(31)4-7-28-23(38)13(26)9-18(33)34/h2-3,8,13,19-22,25,35-37H,4-7,9-10H2,1H3,(H,27,31)(H,28,38)(H,29,32)(H,33,34)(H,39,40)/t13?,19-,20-,21+,22-,25+/m0/s1. The van der Waals surface area contributed by atoms with E-state index in [-0.39, 0.29) is 50.4 Å². The quantitative estimate of drug-likeness (QED) is 0.0567. The number of aliphatic hydroxyl groups is 3. The predicted octanol–water partition coefficient (Wildman–Crippen LogP) is -1.75. The summed E-state index contributed by atoms with van der Waals surface area (Å²) in [6.45, 7) is 0.872. The summed E-state index contributed by atoms with van der Waals surface area (Å²) in [4.78, 5) is 69.8. The van der Waals surface area contributed by atoms with Crippen LogP contribution in [0.2, 0.25) is 0 Å². The lowest BCUT2D eigenvalue weighted by atomic mass is 9.99. The van der Waals surface area contributed by atoms with E-state index in [0.29, 0.717) is 5.56 Å². The van der Waals surface area contributed by atoms with E-state index >= 15 is 0 Å². The number of amides is 3. The van der Waals surface area contributed by atoms with Gasteiger partial charge in [0.15, 0.2) is 6.10 Å². The second-order valence-electron chi connectivity index (χ2n) is 9.22. The van der Waals surface area contributed by atoms with E-state index in [1.54, 1.807) is 22.6 Å². The van der Waals surface area contributed by atoms with E-state index in [2.05, 4.69) is 16.0 Å². The molecule has 1 aliphatic rings. The Hall–Kier alpha value is -3.59. The highest BCUT2D eigenvalue weighted by molar-refractivity contribution is 14.1. The number of alkyl halides is 1. The summed E-state index contributed by atoms with van der Waals surface area (Å²) >= 11 is 1.68. The van der Waals surface area contributed by atoms with Crippen molar-refractivity contribution in [3.63, 3.8) is 0 Å². The predicted molar refractivity (Wildman–Crippen MR) is 151 cm³/mol. The van der Waals surface area contributed by atoms with Crippen molar-refractivity contribution >= 4 is 63.9 Å². The number of aliphatic hydroxyl groups excluding tert-OH is 3. The van der Waals surface area contributed by atoms with Crippen LogP contribution in [0.1, 0.15) is 31.7 Å². The molecule has 1 aliphatic heterocycles. The smallest absolute Gasteiger partial charge is 0.335 e. The van der Waals surface area contributed by atoms with Crippen LogP contribution in [0.5, 0.6) is 5.75 Å². The van der Waals surface area contributed by atoms with Crippen LogP contribution in [-0.4, -0.2) is 109 Å². The van der Waals surface area contributed by atoms with Gasteiger partial charge in [-0.15, -0.1) is 0 Å². The van der Waals surface area contributed by atoms with Crippen LogP contribution >= 0.6 is 22.6 Å². The number of benzene rings is 1. The number of carbonyl (C=O) groups excluding carboxylic acids is 4. The van der Waals surface area contributed by atoms with E-state index in [1.165, 1.54) is 25.1 Å². The number of carbonyl (C=O) groups is 6. The summed E-state index contributed by atoms with van der Waals surface area (Å²) in [6.07, 6.45) is -10.1. The monoisotopic (exact) mass is 725 g/mol. The zero-order valence-electron chi connectivity index (χ0n) is 22.7. The zero-order chi connectivity index (χ0) is 32.3. The second kappa shape index (κ2) is 16.9. The molecule has 6 atom stereocenters. The molecule has 0 aliphatic carbocycles. The van der Waals surface area contributed by atoms with Crippen molar-refractivity contribution in [2.75, 3.05) is 18.4 Å². The first kappa shape index (κ1) is 35.6. The number of nitrogens with one attached hydrogen (secondary N) is 3. The van der Waals surface area contributed by atoms with Gasteiger partial charge in [0.25, 0.3) is 0 Å². The van der Waals surface area contributed by atoms with Crippen molar-refractivity contribution in [2.24, 2.45) is 0 Å². The molecule has 1 aromatic carbocycles. The lowest BCUT2D eigenvalue weighted by molar-refractivity contribution is -0.271. The van der Waals surface area contributed by atoms with Crippen molar-refractivity contribution in [1.29, 1.82) is 0 Å². The van der Waals surface area contributed by atoms with Gasteiger partial charge in [-0.2, -0.15) is 0 Å². The van der Waals surface area contributed by atoms with Gasteiger partial charge in [-0.1, -0.05) is 28.7 Å². The Bertz CT molecular complexity index is 1200. The number of hydrogen-bond acceptors (Lipinski definition) is 12. The van der Waals surface area contributed by atoms with Crippen molar-refractivity contribution in [1.82, 2.24) is 10.6 Å². The van der Waals surface area contributed by atoms with Crippen molar-refractivity contribution < 1.29 is 68.5 Å². The topological polar surface area (TPSA) is 267 Å². The fourth-order valence-corrected chi connectivity index (χ4v) is 4.20. The first-order chi connectivity index (χ1) is 20.2. The van der Waals surface area contributed by atoms with Crippen LogP contribution < -0.4 is 20.7 Å². The van der Waals surface area contributed by atoms with E-state index in [9.17, 15) is 49.2 Å². The molecule has 1 aromatic rings. The van der Waals surface area contributed by atoms with Gasteiger partial charge in [-0.25, -0.2) is 4.79 Å². The first-order valence-corrected chi connectivity index (χ1v) is 14.0. The third kappa shape index (κ3) is 11.5. The molecule has 43 heavy (non-hydrogen) atoms. The molecule has 18 heteroatoms. The van der Waals surface area contributed by atoms with Crippen LogP contribution in [0.15, 0.2) is 18.2 Å². The van der Waals surface area contributed by atoms with Gasteiger partial charge < -0.3 is 55.7 Å². The third-order valence-corrected chi connectivity index (χ3v) is 6.79. The normalized spacial score (nSPS) is 22.0. The van der Waals surface area contributed by atoms with Crippen LogP contribution in [0.25, 0.3) is 0 Å². The summed E-state index contributed by atoms with van der Waals surface area (Å²) in [5, 5.41) is 55.7. The molecule has 1 fully saturated rings. The molecule has 17 nitrogen and oxygen atoms in total. The van der Waals surface area contributed by atoms with E-state index in [1.807, 2.05) is 0 Å². The highest BCUT2D eigenvalue weighted by Crippen LogP contribution is 2.31. The van der Waals surface area contributed by atoms with Gasteiger partial charge in [0.2, 0.25) is 24.0 Å². The molecule has 8 N–H and O–H groups in total. The molecule has 0 saturated carbocycles. The average Bonchev–Trinajstić information content (AvgIpc) is 2.92. The highest BCUT2D eigenvalue weighted by Gasteiger charge is 2.48. The molecule has 3 amide bonds. The molecule has 0 radical (unpaired) electrons. The number of halogens is 1. The molecule has 1 unspecified atom stereocenters. The average molecular weight is 725 g/mol. The van der Waals surface area contributed by atoms with Crippen molar-refractivity contribution in [3.8, 4) is 5.75 Å². The van der Waals surface area contributed by atoms with Crippen LogP contribution in [0.4, 0.5) is 5.69 Å². The fourth-order valence-electron chi connectivity index (χ4n) is 3.60. The molecule has 1 saturated heterocycles. The Kier molecular flexibility index (Phi) is 14.0. The SMILES string of the molecule is CC(=O)OCc1ccc(O[C@@H]2O[C@H](C(=O)O)[C@@H](O)[C@H](O)[C@H]2O)c(NC(=O)CCNC(=O)CCNC(=O)C(I)CC(=O)O)c1.